The van der Waals surface area contributed by atoms with Gasteiger partial charge >= 0.3 is 0 Å². The third-order valence-corrected chi connectivity index (χ3v) is 5.28. The second-order valence-electron chi connectivity index (χ2n) is 7.46. The van der Waals surface area contributed by atoms with Crippen LogP contribution < -0.4 is 10.6 Å². The molecule has 170 valence electrons. The van der Waals surface area contributed by atoms with Crippen molar-refractivity contribution in [3.63, 3.8) is 0 Å². The molecule has 0 aromatic heterocycles. The summed E-state index contributed by atoms with van der Waals surface area (Å²) in [4.78, 5) is 23.5. The molecule has 0 spiro atoms. The van der Waals surface area contributed by atoms with Crippen molar-refractivity contribution in [2.75, 3.05) is 0 Å². The first kappa shape index (κ1) is 27.3. The van der Waals surface area contributed by atoms with Crippen LogP contribution in [0.3, 0.4) is 0 Å². The van der Waals surface area contributed by atoms with Crippen LogP contribution in [0.5, 0.6) is 0 Å². The standard InChI is InChI=1S/C12H15Cl2NO.C12H16ClNO/c1-3-4-8(2)15-12(16)10-6-5-9(13)7-11(10)14;1-3-4-9(2)14-12(15)10-5-7-11(13)8-6-10/h5-8H,3-4H2,1-2H3,(H,15,16);5-9H,3-4H2,1-2H3,(H,14,15). The maximum atomic E-state index is 11.8. The minimum absolute atomic E-state index is 0.0346. The Bertz CT molecular complexity index is 841. The molecule has 2 rings (SSSR count). The van der Waals surface area contributed by atoms with Crippen molar-refractivity contribution >= 4 is 46.6 Å². The highest BCUT2D eigenvalue weighted by molar-refractivity contribution is 6.36. The molecule has 0 bridgehead atoms. The number of hydrogen-bond donors (Lipinski definition) is 2. The molecular formula is C24H31Cl3N2O2. The van der Waals surface area contributed by atoms with E-state index in [1.807, 2.05) is 13.8 Å². The van der Waals surface area contributed by atoms with Crippen molar-refractivity contribution in [1.82, 2.24) is 10.6 Å². The lowest BCUT2D eigenvalue weighted by molar-refractivity contribution is 0.0929. The summed E-state index contributed by atoms with van der Waals surface area (Å²) in [5, 5.41) is 7.39. The zero-order valence-electron chi connectivity index (χ0n) is 18.5. The summed E-state index contributed by atoms with van der Waals surface area (Å²) in [6.45, 7) is 8.17. The average molecular weight is 486 g/mol. The Kier molecular flexibility index (Phi) is 12.6. The molecule has 31 heavy (non-hydrogen) atoms. The fraction of sp³-hybridized carbons (Fsp3) is 0.417. The summed E-state index contributed by atoms with van der Waals surface area (Å²) >= 11 is 17.4. The van der Waals surface area contributed by atoms with Gasteiger partial charge in [-0.3, -0.25) is 9.59 Å². The van der Waals surface area contributed by atoms with Gasteiger partial charge in [-0.05, 0) is 69.2 Å². The van der Waals surface area contributed by atoms with Gasteiger partial charge in [0.1, 0.15) is 0 Å². The van der Waals surface area contributed by atoms with Crippen molar-refractivity contribution in [3.8, 4) is 0 Å². The molecule has 2 amide bonds. The largest absolute Gasteiger partial charge is 0.350 e. The van der Waals surface area contributed by atoms with Crippen molar-refractivity contribution in [2.24, 2.45) is 0 Å². The third-order valence-electron chi connectivity index (χ3n) is 4.48. The summed E-state index contributed by atoms with van der Waals surface area (Å²) in [5.41, 5.74) is 1.12. The van der Waals surface area contributed by atoms with E-state index in [1.54, 1.807) is 42.5 Å². The SMILES string of the molecule is CCCC(C)NC(=O)c1ccc(Cl)cc1.CCCC(C)NC(=O)c1ccc(Cl)cc1Cl. The number of halogens is 3. The topological polar surface area (TPSA) is 58.2 Å². The van der Waals surface area contributed by atoms with Crippen LogP contribution in [0.2, 0.25) is 15.1 Å². The van der Waals surface area contributed by atoms with Crippen LogP contribution in [-0.4, -0.2) is 23.9 Å². The number of carbonyl (C=O) groups is 2. The first-order chi connectivity index (χ1) is 14.7. The van der Waals surface area contributed by atoms with Gasteiger partial charge in [-0.15, -0.1) is 0 Å². The molecule has 4 nitrogen and oxygen atoms in total. The Balaban J connectivity index is 0.000000311. The molecule has 0 fully saturated rings. The number of benzene rings is 2. The Morgan fingerprint density at radius 2 is 1.26 bits per heavy atom. The van der Waals surface area contributed by atoms with Gasteiger partial charge < -0.3 is 10.6 Å². The van der Waals surface area contributed by atoms with E-state index in [2.05, 4.69) is 24.5 Å². The van der Waals surface area contributed by atoms with Crippen molar-refractivity contribution < 1.29 is 9.59 Å². The number of rotatable bonds is 8. The first-order valence-corrected chi connectivity index (χ1v) is 11.6. The van der Waals surface area contributed by atoms with E-state index in [4.69, 9.17) is 34.8 Å². The third kappa shape index (κ3) is 10.4. The predicted molar refractivity (Wildman–Crippen MR) is 132 cm³/mol. The Morgan fingerprint density at radius 3 is 1.74 bits per heavy atom. The average Bonchev–Trinajstić information content (AvgIpc) is 2.69. The molecule has 2 aromatic carbocycles. The molecule has 2 N–H and O–H groups in total. The number of hydrogen-bond acceptors (Lipinski definition) is 2. The molecule has 0 saturated heterocycles. The Morgan fingerprint density at radius 1 is 0.774 bits per heavy atom. The van der Waals surface area contributed by atoms with Gasteiger partial charge in [-0.2, -0.15) is 0 Å². The highest BCUT2D eigenvalue weighted by Gasteiger charge is 2.12. The Hall–Kier alpha value is -1.75. The Labute approximate surface area is 200 Å². The minimum atomic E-state index is -0.150. The molecule has 2 unspecified atom stereocenters. The van der Waals surface area contributed by atoms with Crippen LogP contribution in [0, 0.1) is 0 Å². The number of nitrogens with one attached hydrogen (secondary N) is 2. The van der Waals surface area contributed by atoms with Gasteiger partial charge in [0, 0.05) is 27.7 Å². The normalized spacial score (nSPS) is 12.2. The second-order valence-corrected chi connectivity index (χ2v) is 8.74. The van der Waals surface area contributed by atoms with Crippen molar-refractivity contribution in [1.29, 1.82) is 0 Å². The number of amides is 2. The van der Waals surface area contributed by atoms with Gasteiger partial charge in [0.05, 0.1) is 10.6 Å². The summed E-state index contributed by atoms with van der Waals surface area (Å²) in [6.07, 6.45) is 4.06. The molecule has 0 aliphatic carbocycles. The number of carbonyl (C=O) groups excluding carboxylic acids is 2. The van der Waals surface area contributed by atoms with E-state index >= 15 is 0 Å². The summed E-state index contributed by atoms with van der Waals surface area (Å²) < 4.78 is 0. The zero-order valence-corrected chi connectivity index (χ0v) is 20.7. The lowest BCUT2D eigenvalue weighted by atomic mass is 10.1. The summed E-state index contributed by atoms with van der Waals surface area (Å²) in [5.74, 6) is -0.185. The highest BCUT2D eigenvalue weighted by atomic mass is 35.5. The lowest BCUT2D eigenvalue weighted by Gasteiger charge is -2.13. The van der Waals surface area contributed by atoms with E-state index in [0.717, 1.165) is 25.7 Å². The monoisotopic (exact) mass is 484 g/mol. The molecule has 7 heteroatoms. The second kappa shape index (κ2) is 14.3. The quantitative estimate of drug-likeness (QED) is 0.416. The molecule has 0 aliphatic heterocycles. The van der Waals surface area contributed by atoms with Crippen molar-refractivity contribution in [2.45, 2.75) is 65.5 Å². The van der Waals surface area contributed by atoms with Gasteiger partial charge in [0.2, 0.25) is 0 Å². The van der Waals surface area contributed by atoms with Crippen LogP contribution >= 0.6 is 34.8 Å². The van der Waals surface area contributed by atoms with E-state index in [0.29, 0.717) is 26.2 Å². The van der Waals surface area contributed by atoms with Crippen LogP contribution in [0.25, 0.3) is 0 Å². The van der Waals surface area contributed by atoms with Gasteiger partial charge in [-0.1, -0.05) is 61.5 Å². The van der Waals surface area contributed by atoms with E-state index in [9.17, 15) is 9.59 Å². The van der Waals surface area contributed by atoms with Crippen LogP contribution in [0.4, 0.5) is 0 Å². The molecule has 0 aliphatic rings. The minimum Gasteiger partial charge on any atom is -0.350 e. The molecule has 0 heterocycles. The van der Waals surface area contributed by atoms with E-state index in [-0.39, 0.29) is 23.9 Å². The smallest absolute Gasteiger partial charge is 0.253 e. The fourth-order valence-electron chi connectivity index (χ4n) is 2.89. The maximum Gasteiger partial charge on any atom is 0.253 e. The molecule has 2 atom stereocenters. The predicted octanol–water partition coefficient (Wildman–Crippen LogP) is 7.17. The zero-order chi connectivity index (χ0) is 23.4. The van der Waals surface area contributed by atoms with E-state index in [1.165, 1.54) is 0 Å². The van der Waals surface area contributed by atoms with Gasteiger partial charge in [0.15, 0.2) is 0 Å². The molecule has 2 aromatic rings. The van der Waals surface area contributed by atoms with Gasteiger partial charge in [0.25, 0.3) is 11.8 Å². The van der Waals surface area contributed by atoms with Gasteiger partial charge in [-0.25, -0.2) is 0 Å². The van der Waals surface area contributed by atoms with Crippen LogP contribution in [-0.2, 0) is 0 Å². The first-order valence-electron chi connectivity index (χ1n) is 10.5. The lowest BCUT2D eigenvalue weighted by Crippen LogP contribution is -2.32. The van der Waals surface area contributed by atoms with Crippen molar-refractivity contribution in [3.05, 3.63) is 68.7 Å². The summed E-state index contributed by atoms with van der Waals surface area (Å²) in [6, 6.07) is 12.2. The van der Waals surface area contributed by atoms with Crippen LogP contribution in [0.15, 0.2) is 42.5 Å². The molecular weight excluding hydrogens is 455 g/mol. The maximum absolute atomic E-state index is 11.8. The fourth-order valence-corrected chi connectivity index (χ4v) is 3.51. The highest BCUT2D eigenvalue weighted by Crippen LogP contribution is 2.21. The molecule has 0 saturated carbocycles. The van der Waals surface area contributed by atoms with Crippen LogP contribution in [0.1, 0.15) is 74.1 Å². The van der Waals surface area contributed by atoms with E-state index < -0.39 is 0 Å². The summed E-state index contributed by atoms with van der Waals surface area (Å²) in [7, 11) is 0. The molecule has 0 radical (unpaired) electrons.